The van der Waals surface area contributed by atoms with E-state index in [1.165, 1.54) is 17.5 Å². The lowest BCUT2D eigenvalue weighted by molar-refractivity contribution is -0.137. The van der Waals surface area contributed by atoms with Crippen LogP contribution in [0.15, 0.2) is 40.6 Å². The maximum atomic E-state index is 12.6. The van der Waals surface area contributed by atoms with Crippen LogP contribution in [0.2, 0.25) is 0 Å². The minimum absolute atomic E-state index is 0.127. The number of benzene rings is 1. The standard InChI is InChI=1S/C13H10F3NO4S2/c14-13(15,16)9-3-1-2-8(6-9)7-21-12(18)11-10(4-5-22-11)23(17,19)20/h1-6H,7H2,(H2,17,19,20). The summed E-state index contributed by atoms with van der Waals surface area (Å²) in [7, 11) is -4.08. The van der Waals surface area contributed by atoms with Gasteiger partial charge in [-0.1, -0.05) is 12.1 Å². The number of hydrogen-bond acceptors (Lipinski definition) is 5. The minimum Gasteiger partial charge on any atom is -0.457 e. The molecule has 1 heterocycles. The van der Waals surface area contributed by atoms with Crippen molar-refractivity contribution >= 4 is 27.3 Å². The maximum Gasteiger partial charge on any atom is 0.416 e. The smallest absolute Gasteiger partial charge is 0.416 e. The predicted octanol–water partition coefficient (Wildman–Crippen LogP) is 2.77. The van der Waals surface area contributed by atoms with Crippen molar-refractivity contribution < 1.29 is 31.1 Å². The number of carbonyl (C=O) groups is 1. The van der Waals surface area contributed by atoms with E-state index in [1.54, 1.807) is 0 Å². The molecule has 0 saturated heterocycles. The second-order valence-corrected chi connectivity index (χ2v) is 6.88. The van der Waals surface area contributed by atoms with Crippen LogP contribution in [0.1, 0.15) is 20.8 Å². The van der Waals surface area contributed by atoms with E-state index in [9.17, 15) is 26.4 Å². The molecule has 124 valence electrons. The first-order valence-corrected chi connectivity index (χ1v) is 8.45. The Morgan fingerprint density at radius 3 is 2.57 bits per heavy atom. The lowest BCUT2D eigenvalue weighted by atomic mass is 10.1. The zero-order valence-electron chi connectivity index (χ0n) is 11.3. The van der Waals surface area contributed by atoms with Crippen molar-refractivity contribution in [3.63, 3.8) is 0 Å². The summed E-state index contributed by atoms with van der Waals surface area (Å²) in [6, 6.07) is 5.44. The van der Waals surface area contributed by atoms with Gasteiger partial charge in [-0.25, -0.2) is 18.4 Å². The number of rotatable bonds is 4. The van der Waals surface area contributed by atoms with E-state index in [4.69, 9.17) is 9.88 Å². The summed E-state index contributed by atoms with van der Waals surface area (Å²) < 4.78 is 65.2. The second kappa shape index (κ2) is 6.30. The molecule has 0 spiro atoms. The van der Waals surface area contributed by atoms with Crippen LogP contribution in [0, 0.1) is 0 Å². The molecular weight excluding hydrogens is 355 g/mol. The highest BCUT2D eigenvalue weighted by molar-refractivity contribution is 7.89. The van der Waals surface area contributed by atoms with E-state index in [0.29, 0.717) is 0 Å². The molecule has 0 fully saturated rings. The van der Waals surface area contributed by atoms with Crippen LogP contribution >= 0.6 is 11.3 Å². The van der Waals surface area contributed by atoms with Crippen molar-refractivity contribution in [2.75, 3.05) is 0 Å². The minimum atomic E-state index is -4.51. The fourth-order valence-corrected chi connectivity index (χ4v) is 3.58. The fourth-order valence-electron chi connectivity index (χ4n) is 1.72. The van der Waals surface area contributed by atoms with E-state index in [2.05, 4.69) is 0 Å². The highest BCUT2D eigenvalue weighted by Gasteiger charge is 2.30. The van der Waals surface area contributed by atoms with Gasteiger partial charge in [0.05, 0.1) is 5.56 Å². The number of carbonyl (C=O) groups excluding carboxylic acids is 1. The second-order valence-electron chi connectivity index (χ2n) is 4.43. The summed E-state index contributed by atoms with van der Waals surface area (Å²) in [4.78, 5) is 11.3. The predicted molar refractivity (Wildman–Crippen MR) is 76.3 cm³/mol. The van der Waals surface area contributed by atoms with Crippen LogP contribution in [0.25, 0.3) is 0 Å². The maximum absolute atomic E-state index is 12.6. The summed E-state index contributed by atoms with van der Waals surface area (Å²) in [5.41, 5.74) is -0.741. The zero-order chi connectivity index (χ0) is 17.3. The molecule has 5 nitrogen and oxygen atoms in total. The third-order valence-electron chi connectivity index (χ3n) is 2.75. The fraction of sp³-hybridized carbons (Fsp3) is 0.154. The molecule has 0 aliphatic carbocycles. The normalized spacial score (nSPS) is 12.2. The van der Waals surface area contributed by atoms with Crippen molar-refractivity contribution in [3.05, 3.63) is 51.7 Å². The van der Waals surface area contributed by atoms with E-state index in [-0.39, 0.29) is 15.3 Å². The van der Waals surface area contributed by atoms with Crippen LogP contribution < -0.4 is 5.14 Å². The van der Waals surface area contributed by atoms with Gasteiger partial charge in [0.25, 0.3) is 0 Å². The average Bonchev–Trinajstić information content (AvgIpc) is 2.94. The Morgan fingerprint density at radius 2 is 1.96 bits per heavy atom. The summed E-state index contributed by atoms with van der Waals surface area (Å²) in [6.07, 6.45) is -4.51. The molecule has 2 rings (SSSR count). The third-order valence-corrected chi connectivity index (χ3v) is 4.72. The van der Waals surface area contributed by atoms with Gasteiger partial charge in [-0.05, 0) is 29.1 Å². The van der Waals surface area contributed by atoms with Gasteiger partial charge in [0, 0.05) is 0 Å². The molecule has 2 aromatic rings. The van der Waals surface area contributed by atoms with E-state index in [1.807, 2.05) is 0 Å². The molecule has 0 amide bonds. The number of thiophene rings is 1. The summed E-state index contributed by atoms with van der Waals surface area (Å²) in [5.74, 6) is -0.971. The number of primary sulfonamides is 1. The van der Waals surface area contributed by atoms with Gasteiger partial charge in [0.15, 0.2) is 0 Å². The number of sulfonamides is 1. The Labute approximate surface area is 133 Å². The molecule has 0 aliphatic rings. The monoisotopic (exact) mass is 365 g/mol. The van der Waals surface area contributed by atoms with Crippen molar-refractivity contribution in [1.29, 1.82) is 0 Å². The third kappa shape index (κ3) is 4.30. The molecule has 23 heavy (non-hydrogen) atoms. The topological polar surface area (TPSA) is 86.5 Å². The lowest BCUT2D eigenvalue weighted by Crippen LogP contribution is -2.16. The van der Waals surface area contributed by atoms with Crippen LogP contribution in [0.5, 0.6) is 0 Å². The first-order valence-electron chi connectivity index (χ1n) is 6.02. The van der Waals surface area contributed by atoms with E-state index >= 15 is 0 Å². The van der Waals surface area contributed by atoms with Crippen molar-refractivity contribution in [2.24, 2.45) is 5.14 Å². The molecule has 0 atom stereocenters. The Bertz CT molecular complexity index is 828. The average molecular weight is 365 g/mol. The Morgan fingerprint density at radius 1 is 1.26 bits per heavy atom. The number of ether oxygens (including phenoxy) is 1. The first-order chi connectivity index (χ1) is 10.6. The molecular formula is C13H10F3NO4S2. The molecule has 0 aliphatic heterocycles. The number of hydrogen-bond donors (Lipinski definition) is 1. The van der Waals surface area contributed by atoms with Gasteiger partial charge in [-0.2, -0.15) is 13.2 Å². The van der Waals surface area contributed by atoms with Crippen molar-refractivity contribution in [1.82, 2.24) is 0 Å². The molecule has 1 aromatic heterocycles. The molecule has 0 saturated carbocycles. The number of nitrogens with two attached hydrogens (primary N) is 1. The summed E-state index contributed by atoms with van der Waals surface area (Å²) in [6.45, 7) is -0.426. The number of halogens is 3. The van der Waals surface area contributed by atoms with E-state index in [0.717, 1.165) is 29.5 Å². The van der Waals surface area contributed by atoms with Crippen LogP contribution in [0.4, 0.5) is 13.2 Å². The van der Waals surface area contributed by atoms with Gasteiger partial charge in [0.1, 0.15) is 16.4 Å². The quantitative estimate of drug-likeness (QED) is 0.844. The van der Waals surface area contributed by atoms with Crippen LogP contribution in [0.3, 0.4) is 0 Å². The Kier molecular flexibility index (Phi) is 4.78. The van der Waals surface area contributed by atoms with Gasteiger partial charge >= 0.3 is 12.1 Å². The van der Waals surface area contributed by atoms with Gasteiger partial charge in [-0.15, -0.1) is 11.3 Å². The first kappa shape index (κ1) is 17.4. The van der Waals surface area contributed by atoms with Gasteiger partial charge in [0.2, 0.25) is 10.0 Å². The molecule has 10 heteroatoms. The van der Waals surface area contributed by atoms with Crippen LogP contribution in [-0.2, 0) is 27.5 Å². The van der Waals surface area contributed by atoms with Crippen molar-refractivity contribution in [2.45, 2.75) is 17.7 Å². The highest BCUT2D eigenvalue weighted by Crippen LogP contribution is 2.30. The Balaban J connectivity index is 2.13. The zero-order valence-corrected chi connectivity index (χ0v) is 13.0. The SMILES string of the molecule is NS(=O)(=O)c1ccsc1C(=O)OCc1cccc(C(F)(F)F)c1. The van der Waals surface area contributed by atoms with E-state index < -0.39 is 34.3 Å². The van der Waals surface area contributed by atoms with Gasteiger partial charge < -0.3 is 4.74 Å². The molecule has 2 N–H and O–H groups in total. The largest absolute Gasteiger partial charge is 0.457 e. The highest BCUT2D eigenvalue weighted by atomic mass is 32.2. The van der Waals surface area contributed by atoms with Crippen molar-refractivity contribution in [3.8, 4) is 0 Å². The lowest BCUT2D eigenvalue weighted by Gasteiger charge is -2.09. The summed E-state index contributed by atoms with van der Waals surface area (Å²) >= 11 is 0.813. The molecule has 0 radical (unpaired) electrons. The number of alkyl halides is 3. The molecule has 0 bridgehead atoms. The van der Waals surface area contributed by atoms with Gasteiger partial charge in [-0.3, -0.25) is 0 Å². The number of esters is 1. The Hall–Kier alpha value is -1.91. The molecule has 1 aromatic carbocycles. The molecule has 0 unspecified atom stereocenters. The summed E-state index contributed by atoms with van der Waals surface area (Å²) in [5, 5.41) is 6.31. The van der Waals surface area contributed by atoms with Crippen LogP contribution in [-0.4, -0.2) is 14.4 Å².